The molecule has 1 aromatic heterocycles. The van der Waals surface area contributed by atoms with Gasteiger partial charge < -0.3 is 14.7 Å². The van der Waals surface area contributed by atoms with Gasteiger partial charge in [0.1, 0.15) is 0 Å². The molecule has 0 unspecified atom stereocenters. The van der Waals surface area contributed by atoms with Gasteiger partial charge in [0.25, 0.3) is 0 Å². The van der Waals surface area contributed by atoms with Crippen LogP contribution in [-0.4, -0.2) is 47.8 Å². The fraction of sp³-hybridized carbons (Fsp3) is 0.583. The molecule has 0 spiro atoms. The molecule has 1 aliphatic heterocycles. The molecule has 0 amide bonds. The molecule has 98 valence electrons. The Morgan fingerprint density at radius 2 is 2.28 bits per heavy atom. The topological polar surface area (TPSA) is 75.5 Å². The van der Waals surface area contributed by atoms with Gasteiger partial charge in [0, 0.05) is 33.0 Å². The molecule has 0 bridgehead atoms. The summed E-state index contributed by atoms with van der Waals surface area (Å²) in [5.74, 6) is -0.0136. The third-order valence-electron chi connectivity index (χ3n) is 3.08. The maximum atomic E-state index is 10.8. The Labute approximate surface area is 106 Å². The summed E-state index contributed by atoms with van der Waals surface area (Å²) in [5.41, 5.74) is 0.0267. The van der Waals surface area contributed by atoms with E-state index in [2.05, 4.69) is 9.97 Å². The fourth-order valence-electron chi connectivity index (χ4n) is 2.05. The van der Waals surface area contributed by atoms with Gasteiger partial charge in [0.05, 0.1) is 0 Å². The Kier molecular flexibility index (Phi) is 4.09. The van der Waals surface area contributed by atoms with Crippen LogP contribution in [0, 0.1) is 5.92 Å². The van der Waals surface area contributed by atoms with Crippen molar-refractivity contribution in [3.05, 3.63) is 18.0 Å². The molecule has 0 aromatic carbocycles. The minimum absolute atomic E-state index is 0.0267. The lowest BCUT2D eigenvalue weighted by atomic mass is 10.00. The largest absolute Gasteiger partial charge is 0.477 e. The molecule has 2 rings (SSSR count). The molecule has 1 aliphatic rings. The fourth-order valence-corrected chi connectivity index (χ4v) is 2.05. The van der Waals surface area contributed by atoms with Gasteiger partial charge in [-0.2, -0.15) is 0 Å². The number of rotatable bonds is 4. The summed E-state index contributed by atoms with van der Waals surface area (Å²) in [6, 6.07) is 1.40. The molecule has 0 radical (unpaired) electrons. The van der Waals surface area contributed by atoms with E-state index in [1.165, 1.54) is 12.3 Å². The first kappa shape index (κ1) is 12.8. The summed E-state index contributed by atoms with van der Waals surface area (Å²) in [5, 5.41) is 8.89. The van der Waals surface area contributed by atoms with Gasteiger partial charge >= 0.3 is 5.97 Å². The average molecular weight is 251 g/mol. The van der Waals surface area contributed by atoms with Crippen LogP contribution in [0.5, 0.6) is 0 Å². The van der Waals surface area contributed by atoms with Crippen LogP contribution in [0.15, 0.2) is 12.3 Å². The first-order valence-electron chi connectivity index (χ1n) is 6.02. The summed E-state index contributed by atoms with van der Waals surface area (Å²) < 4.78 is 5.31. The molecule has 1 saturated heterocycles. The number of hydrogen-bond acceptors (Lipinski definition) is 5. The van der Waals surface area contributed by atoms with E-state index in [-0.39, 0.29) is 5.69 Å². The zero-order chi connectivity index (χ0) is 13.0. The number of carboxylic acids is 1. The van der Waals surface area contributed by atoms with Crippen molar-refractivity contribution in [1.82, 2.24) is 9.97 Å². The molecule has 6 nitrogen and oxygen atoms in total. The molecule has 6 heteroatoms. The van der Waals surface area contributed by atoms with Gasteiger partial charge in [-0.25, -0.2) is 14.8 Å². The van der Waals surface area contributed by atoms with Gasteiger partial charge in [-0.15, -0.1) is 0 Å². The van der Waals surface area contributed by atoms with Gasteiger partial charge in [0.15, 0.2) is 5.69 Å². The maximum Gasteiger partial charge on any atom is 0.354 e. The first-order valence-corrected chi connectivity index (χ1v) is 6.02. The second-order valence-corrected chi connectivity index (χ2v) is 4.48. The number of nitrogens with zero attached hydrogens (tertiary/aromatic N) is 3. The summed E-state index contributed by atoms with van der Waals surface area (Å²) in [6.45, 7) is 2.43. The molecule has 0 saturated carbocycles. The number of aromatic carboxylic acids is 1. The van der Waals surface area contributed by atoms with Gasteiger partial charge in [-0.3, -0.25) is 0 Å². The zero-order valence-electron chi connectivity index (χ0n) is 10.4. The van der Waals surface area contributed by atoms with Crippen LogP contribution in [0.2, 0.25) is 0 Å². The van der Waals surface area contributed by atoms with Crippen LogP contribution in [0.4, 0.5) is 5.95 Å². The van der Waals surface area contributed by atoms with Crippen molar-refractivity contribution in [2.45, 2.75) is 12.8 Å². The highest BCUT2D eigenvalue weighted by Gasteiger charge is 2.17. The van der Waals surface area contributed by atoms with E-state index >= 15 is 0 Å². The van der Waals surface area contributed by atoms with E-state index in [1.807, 2.05) is 11.9 Å². The molecule has 0 aliphatic carbocycles. The van der Waals surface area contributed by atoms with Gasteiger partial charge in [-0.05, 0) is 24.8 Å². The monoisotopic (exact) mass is 251 g/mol. The minimum atomic E-state index is -1.03. The van der Waals surface area contributed by atoms with E-state index < -0.39 is 5.97 Å². The molecule has 0 atom stereocenters. The molecule has 18 heavy (non-hydrogen) atoms. The van der Waals surface area contributed by atoms with Crippen LogP contribution in [0.3, 0.4) is 0 Å². The number of aromatic nitrogens is 2. The third-order valence-corrected chi connectivity index (χ3v) is 3.08. The second kappa shape index (κ2) is 5.77. The van der Waals surface area contributed by atoms with Crippen molar-refractivity contribution < 1.29 is 14.6 Å². The third kappa shape index (κ3) is 3.16. The Bertz CT molecular complexity index is 419. The van der Waals surface area contributed by atoms with Gasteiger partial charge in [-0.1, -0.05) is 0 Å². The number of hydrogen-bond donors (Lipinski definition) is 1. The lowest BCUT2D eigenvalue weighted by molar-refractivity contribution is 0.0684. The van der Waals surface area contributed by atoms with Crippen LogP contribution in [-0.2, 0) is 4.74 Å². The molecule has 2 heterocycles. The predicted molar refractivity (Wildman–Crippen MR) is 65.8 cm³/mol. The molecular weight excluding hydrogens is 234 g/mol. The normalized spacial score (nSPS) is 16.5. The Balaban J connectivity index is 2.01. The molecule has 1 N–H and O–H groups in total. The quantitative estimate of drug-likeness (QED) is 0.861. The second-order valence-electron chi connectivity index (χ2n) is 4.48. The smallest absolute Gasteiger partial charge is 0.354 e. The number of ether oxygens (including phenoxy) is 1. The highest BCUT2D eigenvalue weighted by atomic mass is 16.5. The summed E-state index contributed by atoms with van der Waals surface area (Å²) in [6.07, 6.45) is 3.54. The van der Waals surface area contributed by atoms with Crippen LogP contribution in [0.1, 0.15) is 23.3 Å². The summed E-state index contributed by atoms with van der Waals surface area (Å²) in [4.78, 5) is 20.9. The number of carboxylic acid groups (broad SMARTS) is 1. The van der Waals surface area contributed by atoms with Crippen LogP contribution >= 0.6 is 0 Å². The molecule has 1 fully saturated rings. The van der Waals surface area contributed by atoms with E-state index in [9.17, 15) is 4.79 Å². The Morgan fingerprint density at radius 1 is 1.56 bits per heavy atom. The molecular formula is C12H17N3O3. The van der Waals surface area contributed by atoms with Crippen molar-refractivity contribution >= 4 is 11.9 Å². The SMILES string of the molecule is CN(CC1CCOCC1)c1nccc(C(=O)O)n1. The standard InChI is InChI=1S/C12H17N3O3/c1-15(8-9-3-6-18-7-4-9)12-13-5-2-10(14-12)11(16)17/h2,5,9H,3-4,6-8H2,1H3,(H,16,17). The van der Waals surface area contributed by atoms with E-state index in [0.717, 1.165) is 32.6 Å². The van der Waals surface area contributed by atoms with E-state index in [4.69, 9.17) is 9.84 Å². The van der Waals surface area contributed by atoms with E-state index in [0.29, 0.717) is 11.9 Å². The van der Waals surface area contributed by atoms with Crippen molar-refractivity contribution in [2.24, 2.45) is 5.92 Å². The lowest BCUT2D eigenvalue weighted by Crippen LogP contribution is -2.30. The Morgan fingerprint density at radius 3 is 2.94 bits per heavy atom. The number of carbonyl (C=O) groups is 1. The average Bonchev–Trinajstić information content (AvgIpc) is 2.40. The van der Waals surface area contributed by atoms with Crippen molar-refractivity contribution in [3.8, 4) is 0 Å². The van der Waals surface area contributed by atoms with Crippen molar-refractivity contribution in [1.29, 1.82) is 0 Å². The highest BCUT2D eigenvalue weighted by Crippen LogP contribution is 2.17. The van der Waals surface area contributed by atoms with Crippen LogP contribution in [0.25, 0.3) is 0 Å². The zero-order valence-corrected chi connectivity index (χ0v) is 10.4. The Hall–Kier alpha value is -1.69. The van der Waals surface area contributed by atoms with Crippen LogP contribution < -0.4 is 4.90 Å². The number of anilines is 1. The minimum Gasteiger partial charge on any atom is -0.477 e. The first-order chi connectivity index (χ1) is 8.66. The highest BCUT2D eigenvalue weighted by molar-refractivity contribution is 5.85. The molecule has 1 aromatic rings. The predicted octanol–water partition coefficient (Wildman–Crippen LogP) is 1.04. The van der Waals surface area contributed by atoms with Crippen molar-refractivity contribution in [2.75, 3.05) is 31.7 Å². The van der Waals surface area contributed by atoms with Gasteiger partial charge in [0.2, 0.25) is 5.95 Å². The summed E-state index contributed by atoms with van der Waals surface area (Å²) >= 11 is 0. The summed E-state index contributed by atoms with van der Waals surface area (Å²) in [7, 11) is 1.89. The lowest BCUT2D eigenvalue weighted by Gasteiger charge is -2.27. The van der Waals surface area contributed by atoms with E-state index in [1.54, 1.807) is 0 Å². The maximum absolute atomic E-state index is 10.8. The van der Waals surface area contributed by atoms with Crippen molar-refractivity contribution in [3.63, 3.8) is 0 Å².